The molecule has 2 N–H and O–H groups in total. The van der Waals surface area contributed by atoms with Crippen molar-refractivity contribution in [2.24, 2.45) is 0 Å². The summed E-state index contributed by atoms with van der Waals surface area (Å²) in [5.74, 6) is 0.546. The van der Waals surface area contributed by atoms with Crippen LogP contribution in [0.3, 0.4) is 0 Å². The van der Waals surface area contributed by atoms with E-state index in [-0.39, 0.29) is 19.1 Å². The minimum Gasteiger partial charge on any atom is -0.464 e. The molecule has 0 fully saturated rings. The Morgan fingerprint density at radius 3 is 2.71 bits per heavy atom. The van der Waals surface area contributed by atoms with Crippen molar-refractivity contribution >= 4 is 5.91 Å². The third-order valence-corrected chi connectivity index (χ3v) is 3.03. The van der Waals surface area contributed by atoms with Crippen LogP contribution in [0.1, 0.15) is 18.6 Å². The maximum absolute atomic E-state index is 11.4. The molecule has 0 bridgehead atoms. The van der Waals surface area contributed by atoms with Crippen LogP contribution in [-0.2, 0) is 9.53 Å². The van der Waals surface area contributed by atoms with Gasteiger partial charge in [0.1, 0.15) is 12.4 Å². The van der Waals surface area contributed by atoms with Crippen molar-refractivity contribution in [1.82, 2.24) is 5.32 Å². The predicted molar refractivity (Wildman–Crippen MR) is 78.6 cm³/mol. The molecule has 0 saturated carbocycles. The zero-order chi connectivity index (χ0) is 15.1. The number of carbonyl (C=O) groups is 1. The number of benzene rings is 1. The smallest absolute Gasteiger partial charge is 0.246 e. The number of hydrogen-bond acceptors (Lipinski definition) is 4. The number of aliphatic hydroxyl groups is 1. The molecule has 0 saturated heterocycles. The van der Waals surface area contributed by atoms with Crippen molar-refractivity contribution in [3.05, 3.63) is 48.2 Å². The molecule has 1 amide bonds. The van der Waals surface area contributed by atoms with Crippen LogP contribution in [0.2, 0.25) is 0 Å². The van der Waals surface area contributed by atoms with Gasteiger partial charge in [-0.3, -0.25) is 4.79 Å². The zero-order valence-electron chi connectivity index (χ0n) is 11.9. The summed E-state index contributed by atoms with van der Waals surface area (Å²) in [6, 6.07) is 11.1. The fourth-order valence-electron chi connectivity index (χ4n) is 1.89. The van der Waals surface area contributed by atoms with Gasteiger partial charge in [0.2, 0.25) is 5.91 Å². The fourth-order valence-corrected chi connectivity index (χ4v) is 1.89. The van der Waals surface area contributed by atoms with E-state index >= 15 is 0 Å². The summed E-state index contributed by atoms with van der Waals surface area (Å²) < 4.78 is 10.3. The van der Waals surface area contributed by atoms with Crippen LogP contribution in [0, 0.1) is 0 Å². The van der Waals surface area contributed by atoms with Crippen LogP contribution in [0.15, 0.2) is 47.1 Å². The molecule has 0 spiro atoms. The van der Waals surface area contributed by atoms with Gasteiger partial charge in [-0.25, -0.2) is 0 Å². The molecule has 1 unspecified atom stereocenters. The van der Waals surface area contributed by atoms with E-state index in [1.807, 2.05) is 43.3 Å². The molecule has 5 heteroatoms. The Labute approximate surface area is 123 Å². The van der Waals surface area contributed by atoms with E-state index in [9.17, 15) is 9.90 Å². The van der Waals surface area contributed by atoms with Gasteiger partial charge < -0.3 is 19.6 Å². The number of hydrogen-bond donors (Lipinski definition) is 2. The van der Waals surface area contributed by atoms with Gasteiger partial charge in [0, 0.05) is 18.7 Å². The lowest BCUT2D eigenvalue weighted by molar-refractivity contribution is -0.126. The summed E-state index contributed by atoms with van der Waals surface area (Å²) in [5, 5.41) is 12.7. The highest BCUT2D eigenvalue weighted by Crippen LogP contribution is 2.22. The molecule has 0 radical (unpaired) electrons. The first kappa shape index (κ1) is 15.3. The third-order valence-electron chi connectivity index (χ3n) is 3.03. The Hall–Kier alpha value is -2.11. The highest BCUT2D eigenvalue weighted by atomic mass is 16.5. The molecule has 0 aliphatic heterocycles. The first-order valence-corrected chi connectivity index (χ1v) is 6.87. The number of furan rings is 1. The van der Waals surface area contributed by atoms with Crippen molar-refractivity contribution in [3.8, 4) is 11.3 Å². The maximum atomic E-state index is 11.4. The lowest BCUT2D eigenvalue weighted by atomic mass is 10.1. The van der Waals surface area contributed by atoms with Crippen LogP contribution in [0.5, 0.6) is 0 Å². The van der Waals surface area contributed by atoms with Crippen molar-refractivity contribution < 1.29 is 19.1 Å². The molecule has 2 aromatic rings. The Bertz CT molecular complexity index is 548. The summed E-state index contributed by atoms with van der Waals surface area (Å²) in [5.41, 5.74) is 1.68. The normalized spacial score (nSPS) is 12.1. The molecule has 1 atom stereocenters. The second-order valence-electron chi connectivity index (χ2n) is 4.56. The number of ether oxygens (including phenoxy) is 1. The van der Waals surface area contributed by atoms with Crippen molar-refractivity contribution in [2.45, 2.75) is 13.0 Å². The van der Waals surface area contributed by atoms with Gasteiger partial charge in [0.25, 0.3) is 0 Å². The van der Waals surface area contributed by atoms with Crippen molar-refractivity contribution in [3.63, 3.8) is 0 Å². The minimum atomic E-state index is -0.749. The second kappa shape index (κ2) is 7.61. The number of carbonyl (C=O) groups excluding carboxylic acids is 1. The van der Waals surface area contributed by atoms with Gasteiger partial charge in [-0.1, -0.05) is 24.3 Å². The summed E-state index contributed by atoms with van der Waals surface area (Å²) in [6.07, 6.45) is 0.868. The van der Waals surface area contributed by atoms with E-state index in [1.54, 1.807) is 6.26 Å². The molecular weight excluding hydrogens is 270 g/mol. The Kier molecular flexibility index (Phi) is 5.54. The van der Waals surface area contributed by atoms with Crippen LogP contribution >= 0.6 is 0 Å². The van der Waals surface area contributed by atoms with E-state index in [0.29, 0.717) is 6.61 Å². The SMILES string of the molecule is CCOCC(=O)NCC(O)c1ccc(-c2ccco2)cc1. The number of rotatable bonds is 7. The van der Waals surface area contributed by atoms with Gasteiger partial charge in [-0.15, -0.1) is 0 Å². The van der Waals surface area contributed by atoms with Gasteiger partial charge >= 0.3 is 0 Å². The van der Waals surface area contributed by atoms with Crippen LogP contribution in [0.25, 0.3) is 11.3 Å². The topological polar surface area (TPSA) is 71.7 Å². The Balaban J connectivity index is 1.88. The van der Waals surface area contributed by atoms with E-state index in [0.717, 1.165) is 16.9 Å². The highest BCUT2D eigenvalue weighted by Gasteiger charge is 2.10. The van der Waals surface area contributed by atoms with E-state index in [4.69, 9.17) is 9.15 Å². The number of aliphatic hydroxyl groups excluding tert-OH is 1. The molecule has 1 aromatic heterocycles. The van der Waals surface area contributed by atoms with Crippen LogP contribution in [-0.4, -0.2) is 30.8 Å². The van der Waals surface area contributed by atoms with Crippen LogP contribution in [0.4, 0.5) is 0 Å². The summed E-state index contributed by atoms with van der Waals surface area (Å²) in [6.45, 7) is 2.49. The number of amides is 1. The average Bonchev–Trinajstić information content (AvgIpc) is 3.05. The maximum Gasteiger partial charge on any atom is 0.246 e. The van der Waals surface area contributed by atoms with Gasteiger partial charge in [0.05, 0.1) is 12.4 Å². The zero-order valence-corrected chi connectivity index (χ0v) is 11.9. The first-order chi connectivity index (χ1) is 10.2. The van der Waals surface area contributed by atoms with Gasteiger partial charge in [0.15, 0.2) is 0 Å². The van der Waals surface area contributed by atoms with Gasteiger partial charge in [-0.2, -0.15) is 0 Å². The summed E-state index contributed by atoms with van der Waals surface area (Å²) in [4.78, 5) is 11.4. The largest absolute Gasteiger partial charge is 0.464 e. The molecule has 0 aliphatic rings. The average molecular weight is 289 g/mol. The monoisotopic (exact) mass is 289 g/mol. The lowest BCUT2D eigenvalue weighted by Crippen LogP contribution is -2.31. The molecule has 5 nitrogen and oxygen atoms in total. The minimum absolute atomic E-state index is 0.0145. The Morgan fingerprint density at radius 1 is 1.33 bits per heavy atom. The van der Waals surface area contributed by atoms with Crippen molar-refractivity contribution in [2.75, 3.05) is 19.8 Å². The van der Waals surface area contributed by atoms with E-state index in [2.05, 4.69) is 5.32 Å². The van der Waals surface area contributed by atoms with Crippen LogP contribution < -0.4 is 5.32 Å². The highest BCUT2D eigenvalue weighted by molar-refractivity contribution is 5.77. The molecule has 112 valence electrons. The molecule has 1 heterocycles. The molecule has 0 aliphatic carbocycles. The van der Waals surface area contributed by atoms with Crippen molar-refractivity contribution in [1.29, 1.82) is 0 Å². The molecule has 2 rings (SSSR count). The predicted octanol–water partition coefficient (Wildman–Crippen LogP) is 2.13. The first-order valence-electron chi connectivity index (χ1n) is 6.87. The third kappa shape index (κ3) is 4.44. The summed E-state index contributed by atoms with van der Waals surface area (Å²) >= 11 is 0. The quantitative estimate of drug-likeness (QED) is 0.819. The Morgan fingerprint density at radius 2 is 2.10 bits per heavy atom. The van der Waals surface area contributed by atoms with Gasteiger partial charge in [-0.05, 0) is 24.6 Å². The molecule has 21 heavy (non-hydrogen) atoms. The number of nitrogens with one attached hydrogen (secondary N) is 1. The van der Waals surface area contributed by atoms with E-state index < -0.39 is 6.10 Å². The second-order valence-corrected chi connectivity index (χ2v) is 4.56. The fraction of sp³-hybridized carbons (Fsp3) is 0.312. The van der Waals surface area contributed by atoms with E-state index in [1.165, 1.54) is 0 Å². The standard InChI is InChI=1S/C16H19NO4/c1-2-20-11-16(19)17-10-14(18)12-5-7-13(8-6-12)15-4-3-9-21-15/h3-9,14,18H,2,10-11H2,1H3,(H,17,19). The lowest BCUT2D eigenvalue weighted by Gasteiger charge is -2.12. The molecule has 1 aromatic carbocycles. The molecular formula is C16H19NO4. The summed E-state index contributed by atoms with van der Waals surface area (Å²) in [7, 11) is 0.